The molecule has 1 N–H and O–H groups in total. The van der Waals surface area contributed by atoms with Gasteiger partial charge in [-0.15, -0.1) is 0 Å². The normalized spacial score (nSPS) is 11.6. The Balaban J connectivity index is 2.03. The Kier molecular flexibility index (Phi) is 6.17. The first-order valence-electron chi connectivity index (χ1n) is 8.12. The Bertz CT molecular complexity index is 757. The Morgan fingerprint density at radius 2 is 1.88 bits per heavy atom. The van der Waals surface area contributed by atoms with Crippen molar-refractivity contribution in [1.29, 1.82) is 0 Å². The van der Waals surface area contributed by atoms with Crippen molar-refractivity contribution in [2.45, 2.75) is 25.8 Å². The summed E-state index contributed by atoms with van der Waals surface area (Å²) in [5.74, 6) is -0.235. The summed E-state index contributed by atoms with van der Waals surface area (Å²) in [7, 11) is 3.40. The average molecular weight is 341 g/mol. The fraction of sp³-hybridized carbons (Fsp3) is 0.300. The molecule has 132 valence electrons. The first-order valence-corrected chi connectivity index (χ1v) is 8.12. The molecule has 0 fully saturated rings. The van der Waals surface area contributed by atoms with Crippen molar-refractivity contribution < 1.29 is 19.4 Å². The predicted molar refractivity (Wildman–Crippen MR) is 96.0 cm³/mol. The van der Waals surface area contributed by atoms with E-state index in [1.807, 2.05) is 31.2 Å². The van der Waals surface area contributed by atoms with Crippen LogP contribution in [-0.2, 0) is 17.6 Å². The molecule has 0 aliphatic rings. The van der Waals surface area contributed by atoms with Crippen LogP contribution in [0, 0.1) is 0 Å². The molecule has 0 aliphatic heterocycles. The van der Waals surface area contributed by atoms with E-state index in [4.69, 9.17) is 9.84 Å². The number of ether oxygens (including phenoxy) is 1. The molecule has 2 rings (SSSR count). The highest BCUT2D eigenvalue weighted by Gasteiger charge is 2.18. The molecule has 5 heteroatoms. The van der Waals surface area contributed by atoms with Gasteiger partial charge in [0.1, 0.15) is 5.75 Å². The van der Waals surface area contributed by atoms with Gasteiger partial charge in [-0.3, -0.25) is 4.79 Å². The maximum Gasteiger partial charge on any atom is 0.335 e. The van der Waals surface area contributed by atoms with Crippen LogP contribution in [0.3, 0.4) is 0 Å². The highest BCUT2D eigenvalue weighted by Crippen LogP contribution is 2.20. The molecule has 2 aromatic rings. The van der Waals surface area contributed by atoms with Crippen LogP contribution >= 0.6 is 0 Å². The van der Waals surface area contributed by atoms with Gasteiger partial charge in [-0.2, -0.15) is 0 Å². The fourth-order valence-corrected chi connectivity index (χ4v) is 2.69. The summed E-state index contributed by atoms with van der Waals surface area (Å²) in [5, 5.41) is 9.05. The maximum atomic E-state index is 12.5. The molecule has 1 amide bonds. The Hall–Kier alpha value is -2.82. The quantitative estimate of drug-likeness (QED) is 0.841. The van der Waals surface area contributed by atoms with Gasteiger partial charge in [0.2, 0.25) is 5.91 Å². The number of carboxylic acid groups (broad SMARTS) is 1. The van der Waals surface area contributed by atoms with E-state index in [-0.39, 0.29) is 23.9 Å². The van der Waals surface area contributed by atoms with Crippen LogP contribution in [-0.4, -0.2) is 42.1 Å². The Morgan fingerprint density at radius 1 is 1.16 bits per heavy atom. The van der Waals surface area contributed by atoms with Crippen LogP contribution in [0.2, 0.25) is 0 Å². The van der Waals surface area contributed by atoms with Crippen LogP contribution in [0.4, 0.5) is 0 Å². The van der Waals surface area contributed by atoms with Crippen LogP contribution in [0.5, 0.6) is 5.75 Å². The number of carbonyl (C=O) groups excluding carboxylic acids is 1. The molecule has 1 atom stereocenters. The molecule has 5 nitrogen and oxygen atoms in total. The lowest BCUT2D eigenvalue weighted by atomic mass is 10.0. The second-order valence-electron chi connectivity index (χ2n) is 6.05. The molecular weight excluding hydrogens is 318 g/mol. The number of hydrogen-bond acceptors (Lipinski definition) is 3. The second-order valence-corrected chi connectivity index (χ2v) is 6.05. The number of hydrogen-bond donors (Lipinski definition) is 1. The van der Waals surface area contributed by atoms with Crippen molar-refractivity contribution in [2.24, 2.45) is 0 Å². The number of nitrogens with zero attached hydrogens (tertiary/aromatic N) is 1. The summed E-state index contributed by atoms with van der Waals surface area (Å²) in [4.78, 5) is 25.3. The highest BCUT2D eigenvalue weighted by atomic mass is 16.5. The van der Waals surface area contributed by atoms with E-state index in [0.29, 0.717) is 12.0 Å². The summed E-state index contributed by atoms with van der Waals surface area (Å²) in [6, 6.07) is 14.2. The van der Waals surface area contributed by atoms with E-state index in [1.165, 1.54) is 6.07 Å². The van der Waals surface area contributed by atoms with Gasteiger partial charge >= 0.3 is 5.97 Å². The van der Waals surface area contributed by atoms with Gasteiger partial charge in [0.05, 0.1) is 19.1 Å². The molecule has 2 aromatic carbocycles. The Morgan fingerprint density at radius 3 is 2.56 bits per heavy atom. The number of benzene rings is 2. The summed E-state index contributed by atoms with van der Waals surface area (Å²) in [6.07, 6.45) is 0.856. The minimum Gasteiger partial charge on any atom is -0.496 e. The van der Waals surface area contributed by atoms with Crippen molar-refractivity contribution in [3.63, 3.8) is 0 Å². The maximum absolute atomic E-state index is 12.5. The molecule has 25 heavy (non-hydrogen) atoms. The van der Waals surface area contributed by atoms with E-state index in [9.17, 15) is 9.59 Å². The van der Waals surface area contributed by atoms with E-state index in [1.54, 1.807) is 37.3 Å². The van der Waals surface area contributed by atoms with Gasteiger partial charge in [-0.1, -0.05) is 30.3 Å². The number of rotatable bonds is 7. The average Bonchev–Trinajstić information content (AvgIpc) is 2.61. The summed E-state index contributed by atoms with van der Waals surface area (Å²) in [5.41, 5.74) is 1.93. The van der Waals surface area contributed by atoms with E-state index in [0.717, 1.165) is 11.3 Å². The van der Waals surface area contributed by atoms with Crippen LogP contribution in [0.15, 0.2) is 48.5 Å². The molecule has 0 aliphatic carbocycles. The number of carbonyl (C=O) groups is 2. The van der Waals surface area contributed by atoms with Crippen LogP contribution in [0.25, 0.3) is 0 Å². The monoisotopic (exact) mass is 341 g/mol. The molecule has 0 spiro atoms. The molecule has 0 saturated carbocycles. The molecular formula is C20H23NO4. The SMILES string of the molecule is COc1ccccc1CC(C)N(C)C(=O)Cc1cccc(C(=O)O)c1. The van der Waals surface area contributed by atoms with Crippen molar-refractivity contribution in [2.75, 3.05) is 14.2 Å². The van der Waals surface area contributed by atoms with E-state index < -0.39 is 5.97 Å². The number of amides is 1. The third-order valence-corrected chi connectivity index (χ3v) is 4.29. The Labute approximate surface area is 147 Å². The zero-order valence-corrected chi connectivity index (χ0v) is 14.7. The third-order valence-electron chi connectivity index (χ3n) is 4.29. The number of methoxy groups -OCH3 is 1. The third kappa shape index (κ3) is 4.83. The van der Waals surface area contributed by atoms with Gasteiger partial charge in [0.25, 0.3) is 0 Å². The molecule has 0 aromatic heterocycles. The van der Waals surface area contributed by atoms with E-state index >= 15 is 0 Å². The standard InChI is InChI=1S/C20H23NO4/c1-14(11-16-8-4-5-10-18(16)25-3)21(2)19(22)13-15-7-6-9-17(12-15)20(23)24/h4-10,12,14H,11,13H2,1-3H3,(H,23,24). The lowest BCUT2D eigenvalue weighted by Gasteiger charge is -2.26. The van der Waals surface area contributed by atoms with Crippen LogP contribution < -0.4 is 4.74 Å². The summed E-state index contributed by atoms with van der Waals surface area (Å²) >= 11 is 0. The van der Waals surface area contributed by atoms with Crippen molar-refractivity contribution in [3.05, 3.63) is 65.2 Å². The molecule has 0 heterocycles. The van der Waals surface area contributed by atoms with Gasteiger partial charge in [-0.25, -0.2) is 4.79 Å². The van der Waals surface area contributed by atoms with Crippen LogP contribution in [0.1, 0.15) is 28.4 Å². The number of carboxylic acids is 1. The first-order chi connectivity index (χ1) is 11.9. The lowest BCUT2D eigenvalue weighted by Crippen LogP contribution is -2.37. The molecule has 0 radical (unpaired) electrons. The second kappa shape index (κ2) is 8.33. The van der Waals surface area contributed by atoms with Gasteiger partial charge in [0, 0.05) is 13.1 Å². The van der Waals surface area contributed by atoms with Gasteiger partial charge in [-0.05, 0) is 42.7 Å². The minimum atomic E-state index is -0.993. The molecule has 1 unspecified atom stereocenters. The number of likely N-dealkylation sites (N-methyl/N-ethyl adjacent to an activating group) is 1. The summed E-state index contributed by atoms with van der Waals surface area (Å²) in [6.45, 7) is 1.98. The lowest BCUT2D eigenvalue weighted by molar-refractivity contribution is -0.130. The highest BCUT2D eigenvalue weighted by molar-refractivity contribution is 5.88. The molecule has 0 saturated heterocycles. The largest absolute Gasteiger partial charge is 0.496 e. The summed E-state index contributed by atoms with van der Waals surface area (Å²) < 4.78 is 5.36. The molecule has 0 bridgehead atoms. The van der Waals surface area contributed by atoms with Gasteiger partial charge < -0.3 is 14.7 Å². The topological polar surface area (TPSA) is 66.8 Å². The zero-order chi connectivity index (χ0) is 18.4. The number of para-hydroxylation sites is 1. The van der Waals surface area contributed by atoms with Crippen molar-refractivity contribution >= 4 is 11.9 Å². The smallest absolute Gasteiger partial charge is 0.335 e. The van der Waals surface area contributed by atoms with Gasteiger partial charge in [0.15, 0.2) is 0 Å². The van der Waals surface area contributed by atoms with Crippen molar-refractivity contribution in [3.8, 4) is 5.75 Å². The van der Waals surface area contributed by atoms with Crippen molar-refractivity contribution in [1.82, 2.24) is 4.90 Å². The van der Waals surface area contributed by atoms with E-state index in [2.05, 4.69) is 0 Å². The number of aromatic carboxylic acids is 1. The first kappa shape index (κ1) is 18.5. The zero-order valence-electron chi connectivity index (χ0n) is 14.7. The predicted octanol–water partition coefficient (Wildman–Crippen LogP) is 3.03. The fourth-order valence-electron chi connectivity index (χ4n) is 2.69. The minimum absolute atomic E-state index is 0.00791.